The molecule has 0 amide bonds. The first kappa shape index (κ1) is 36.4. The highest BCUT2D eigenvalue weighted by Crippen LogP contribution is 2.54. The molecular formula is C40H59NO11. The van der Waals surface area contributed by atoms with E-state index in [1.807, 2.05) is 0 Å². The number of hydrogen-bond acceptors (Lipinski definition) is 12. The standard InChI is InChI=1S/C40H59NO11/c1-19-11-24-5-7-28-20(2)12-26(45-28)9-10-40-17-33-36(51-40)37-38(50-33)39(52-40)35-29(49-37)8-6-25(47-35)13-22(42)14-27-31(16-30(46-24)21(19)3)48-32(34(27)44-4)15-23(43)18-41/h19,23-39,43H,2-3,5-18,41H2,1,4H3/t19-,23+,24+,25-,26+,27+,28+,29+,30-,31+,32-,33+,34-,35+,36+,37?,38-,39+,40+/m1/s1. The highest BCUT2D eigenvalue weighted by molar-refractivity contribution is 5.79. The third-order valence-electron chi connectivity index (χ3n) is 14.0. The number of aliphatic hydroxyl groups excluding tert-OH is 1. The average Bonchev–Trinajstić information content (AvgIpc) is 3.79. The summed E-state index contributed by atoms with van der Waals surface area (Å²) in [6.45, 7) is 11.3. The molecule has 0 saturated carbocycles. The van der Waals surface area contributed by atoms with E-state index >= 15 is 0 Å². The first-order valence-corrected chi connectivity index (χ1v) is 20.2. The Bertz CT molecular complexity index is 1380. The molecular weight excluding hydrogens is 670 g/mol. The fourth-order valence-electron chi connectivity index (χ4n) is 11.3. The Balaban J connectivity index is 0.994. The molecule has 10 saturated heterocycles. The fourth-order valence-corrected chi connectivity index (χ4v) is 11.3. The first-order valence-electron chi connectivity index (χ1n) is 20.2. The van der Waals surface area contributed by atoms with Crippen molar-refractivity contribution < 1.29 is 52.5 Å². The molecule has 10 heterocycles. The first-order chi connectivity index (χ1) is 25.1. The number of ether oxygens (including phenoxy) is 9. The van der Waals surface area contributed by atoms with Crippen molar-refractivity contribution in [2.75, 3.05) is 13.7 Å². The maximum absolute atomic E-state index is 14.1. The van der Waals surface area contributed by atoms with Gasteiger partial charge in [0.05, 0.1) is 67.1 Å². The molecule has 0 aromatic heterocycles. The van der Waals surface area contributed by atoms with E-state index in [1.165, 1.54) is 0 Å². The molecule has 19 atom stereocenters. The van der Waals surface area contributed by atoms with Gasteiger partial charge in [-0.3, -0.25) is 4.79 Å². The van der Waals surface area contributed by atoms with E-state index in [2.05, 4.69) is 20.1 Å². The molecule has 10 fully saturated rings. The van der Waals surface area contributed by atoms with Crippen molar-refractivity contribution in [3.05, 3.63) is 24.3 Å². The molecule has 52 heavy (non-hydrogen) atoms. The zero-order valence-electron chi connectivity index (χ0n) is 30.8. The molecule has 12 bridgehead atoms. The Morgan fingerprint density at radius 2 is 1.56 bits per heavy atom. The Morgan fingerprint density at radius 1 is 0.808 bits per heavy atom. The largest absolute Gasteiger partial charge is 0.392 e. The molecule has 290 valence electrons. The van der Waals surface area contributed by atoms with Gasteiger partial charge >= 0.3 is 0 Å². The number of ketones is 1. The van der Waals surface area contributed by atoms with Gasteiger partial charge in [0.25, 0.3) is 0 Å². The highest BCUT2D eigenvalue weighted by atomic mass is 16.8. The van der Waals surface area contributed by atoms with Crippen molar-refractivity contribution in [1.29, 1.82) is 0 Å². The zero-order valence-corrected chi connectivity index (χ0v) is 30.8. The molecule has 1 spiro atoms. The minimum atomic E-state index is -0.780. The minimum absolute atomic E-state index is 0.0158. The SMILES string of the molecule is C=C1C[C@@H]2CC[C@@]34C[C@@H]5O[C@@H]6C(O[C@H]7CC[C@H](CC(=O)C[C@@H]8[C@@H](OC)[C@@H](C[C@H](O)CN)O[C@H]8C[C@H]8O[C@@H](CC[C@@H]1O2)C[C@@H](C)C8=C)O[C@@H]7[C@@H]6O3)[C@H]5O4. The molecule has 10 rings (SSSR count). The Labute approximate surface area is 307 Å². The number of nitrogens with two attached hydrogens (primary N) is 1. The fraction of sp³-hybridized carbons (Fsp3) is 0.875. The van der Waals surface area contributed by atoms with Crippen LogP contribution in [0.4, 0.5) is 0 Å². The topological polar surface area (TPSA) is 146 Å². The number of Topliss-reactive ketones (excluding diaryl/α,β-unsaturated/α-hetero) is 1. The van der Waals surface area contributed by atoms with Gasteiger partial charge in [0.1, 0.15) is 36.3 Å². The van der Waals surface area contributed by atoms with Crippen LogP contribution in [0, 0.1) is 11.8 Å². The van der Waals surface area contributed by atoms with Crippen LogP contribution in [0.2, 0.25) is 0 Å². The predicted octanol–water partition coefficient (Wildman–Crippen LogP) is 3.44. The lowest BCUT2D eigenvalue weighted by atomic mass is 9.81. The smallest absolute Gasteiger partial charge is 0.172 e. The summed E-state index contributed by atoms with van der Waals surface area (Å²) in [6.07, 6.45) is 4.85. The second-order valence-corrected chi connectivity index (χ2v) is 17.4. The second-order valence-electron chi connectivity index (χ2n) is 17.4. The lowest BCUT2D eigenvalue weighted by Gasteiger charge is -2.47. The van der Waals surface area contributed by atoms with Gasteiger partial charge in [-0.2, -0.15) is 0 Å². The van der Waals surface area contributed by atoms with E-state index in [-0.39, 0.29) is 122 Å². The summed E-state index contributed by atoms with van der Waals surface area (Å²) in [5.74, 6) is -0.619. The second kappa shape index (κ2) is 14.3. The lowest BCUT2D eigenvalue weighted by Crippen LogP contribution is -2.61. The minimum Gasteiger partial charge on any atom is -0.392 e. The van der Waals surface area contributed by atoms with Gasteiger partial charge in [-0.15, -0.1) is 0 Å². The van der Waals surface area contributed by atoms with Crippen LogP contribution in [0.3, 0.4) is 0 Å². The third-order valence-corrected chi connectivity index (χ3v) is 14.0. The number of rotatable bonds is 4. The molecule has 1 unspecified atom stereocenters. The van der Waals surface area contributed by atoms with E-state index < -0.39 is 18.0 Å². The number of hydrogen-bond donors (Lipinski definition) is 2. The summed E-state index contributed by atoms with van der Waals surface area (Å²) in [6, 6.07) is 0. The van der Waals surface area contributed by atoms with E-state index in [9.17, 15) is 9.90 Å². The average molecular weight is 730 g/mol. The van der Waals surface area contributed by atoms with Gasteiger partial charge in [0.2, 0.25) is 0 Å². The maximum atomic E-state index is 14.1. The number of fused-ring (bicyclic) bond motifs is 6. The number of carbonyl (C=O) groups is 1. The highest BCUT2D eigenvalue weighted by Gasteiger charge is 2.68. The predicted molar refractivity (Wildman–Crippen MR) is 186 cm³/mol. The molecule has 0 aromatic carbocycles. The summed E-state index contributed by atoms with van der Waals surface area (Å²) in [5.41, 5.74) is 8.01. The summed E-state index contributed by atoms with van der Waals surface area (Å²) < 4.78 is 60.0. The molecule has 12 nitrogen and oxygen atoms in total. The van der Waals surface area contributed by atoms with Crippen LogP contribution in [-0.4, -0.2) is 128 Å². The summed E-state index contributed by atoms with van der Waals surface area (Å²) in [4.78, 5) is 14.1. The maximum Gasteiger partial charge on any atom is 0.172 e. The van der Waals surface area contributed by atoms with E-state index in [0.717, 1.165) is 56.1 Å². The van der Waals surface area contributed by atoms with E-state index in [4.69, 9.17) is 48.4 Å². The normalized spacial score (nSPS) is 52.4. The van der Waals surface area contributed by atoms with Gasteiger partial charge in [-0.25, -0.2) is 0 Å². The van der Waals surface area contributed by atoms with Crippen LogP contribution < -0.4 is 5.73 Å². The molecule has 12 heteroatoms. The van der Waals surface area contributed by atoms with Gasteiger partial charge < -0.3 is 53.5 Å². The molecule has 0 aromatic rings. The molecule has 0 radical (unpaired) electrons. The van der Waals surface area contributed by atoms with Crippen LogP contribution in [0.25, 0.3) is 0 Å². The Morgan fingerprint density at radius 3 is 2.38 bits per heavy atom. The molecule has 0 aliphatic carbocycles. The number of methoxy groups -OCH3 is 1. The molecule has 10 aliphatic rings. The summed E-state index contributed by atoms with van der Waals surface area (Å²) in [5, 5.41) is 10.5. The van der Waals surface area contributed by atoms with Crippen molar-refractivity contribution in [2.24, 2.45) is 17.6 Å². The van der Waals surface area contributed by atoms with Crippen molar-refractivity contribution >= 4 is 5.78 Å². The Hall–Kier alpha value is -1.29. The third kappa shape index (κ3) is 6.59. The van der Waals surface area contributed by atoms with Crippen LogP contribution in [-0.2, 0) is 47.4 Å². The van der Waals surface area contributed by atoms with Crippen LogP contribution in [0.1, 0.15) is 90.4 Å². The van der Waals surface area contributed by atoms with Crippen molar-refractivity contribution in [1.82, 2.24) is 0 Å². The lowest BCUT2D eigenvalue weighted by molar-refractivity contribution is -0.292. The molecule has 3 N–H and O–H groups in total. The number of aliphatic hydroxyl groups is 1. The van der Waals surface area contributed by atoms with Crippen molar-refractivity contribution in [2.45, 2.75) is 194 Å². The van der Waals surface area contributed by atoms with Crippen molar-refractivity contribution in [3.8, 4) is 0 Å². The van der Waals surface area contributed by atoms with Gasteiger partial charge in [0, 0.05) is 58.1 Å². The van der Waals surface area contributed by atoms with Crippen LogP contribution in [0.5, 0.6) is 0 Å². The number of carbonyl (C=O) groups excluding carboxylic acids is 1. The summed E-state index contributed by atoms with van der Waals surface area (Å²) in [7, 11) is 1.66. The van der Waals surface area contributed by atoms with Gasteiger partial charge in [0.15, 0.2) is 5.79 Å². The monoisotopic (exact) mass is 729 g/mol. The van der Waals surface area contributed by atoms with Crippen LogP contribution in [0.15, 0.2) is 24.3 Å². The van der Waals surface area contributed by atoms with Crippen molar-refractivity contribution in [3.63, 3.8) is 0 Å². The zero-order chi connectivity index (χ0) is 35.9. The van der Waals surface area contributed by atoms with Crippen LogP contribution >= 0.6 is 0 Å². The van der Waals surface area contributed by atoms with E-state index in [0.29, 0.717) is 25.7 Å². The summed E-state index contributed by atoms with van der Waals surface area (Å²) >= 11 is 0. The van der Waals surface area contributed by atoms with E-state index in [1.54, 1.807) is 7.11 Å². The Kier molecular flexibility index (Phi) is 10.0. The van der Waals surface area contributed by atoms with Gasteiger partial charge in [-0.1, -0.05) is 20.1 Å². The molecule has 10 aliphatic heterocycles. The quantitative estimate of drug-likeness (QED) is 0.409. The van der Waals surface area contributed by atoms with Gasteiger partial charge in [-0.05, 0) is 62.0 Å².